The molecule has 0 aromatic heterocycles. The van der Waals surface area contributed by atoms with E-state index in [4.69, 9.17) is 10.00 Å². The first-order valence-electron chi connectivity index (χ1n) is 4.14. The summed E-state index contributed by atoms with van der Waals surface area (Å²) in [6, 6.07) is 6.43. The monoisotopic (exact) mass is 189 g/mol. The number of hydrogen-bond acceptors (Lipinski definition) is 3. The molecule has 3 heteroatoms. The van der Waals surface area contributed by atoms with Crippen molar-refractivity contribution < 1.29 is 9.84 Å². The van der Waals surface area contributed by atoms with Crippen LogP contribution in [-0.4, -0.2) is 11.7 Å². The highest BCUT2D eigenvalue weighted by atomic mass is 16.5. The number of rotatable bonds is 3. The van der Waals surface area contributed by atoms with Gasteiger partial charge in [-0.3, -0.25) is 0 Å². The van der Waals surface area contributed by atoms with E-state index in [1.807, 2.05) is 13.0 Å². The van der Waals surface area contributed by atoms with Crippen molar-refractivity contribution in [1.29, 1.82) is 5.26 Å². The molecule has 0 saturated carbocycles. The number of benzene rings is 1. The number of hydrogen-bond donors (Lipinski definition) is 1. The molecular formula is C11H11NO2. The van der Waals surface area contributed by atoms with Crippen LogP contribution in [0.25, 0.3) is 0 Å². The number of aromatic hydroxyl groups is 1. The fraction of sp³-hybridized carbons (Fsp3) is 0.182. The van der Waals surface area contributed by atoms with Gasteiger partial charge in [0, 0.05) is 6.07 Å². The van der Waals surface area contributed by atoms with Crippen molar-refractivity contribution in [3.63, 3.8) is 0 Å². The van der Waals surface area contributed by atoms with Crippen molar-refractivity contribution >= 4 is 0 Å². The summed E-state index contributed by atoms with van der Waals surface area (Å²) in [6.45, 7) is 5.83. The lowest BCUT2D eigenvalue weighted by molar-refractivity contribution is 0.328. The highest BCUT2D eigenvalue weighted by Gasteiger charge is 2.03. The van der Waals surface area contributed by atoms with Crippen molar-refractivity contribution in [2.75, 3.05) is 6.61 Å². The average molecular weight is 189 g/mol. The molecule has 0 aliphatic heterocycles. The predicted molar refractivity (Wildman–Crippen MR) is 53.1 cm³/mol. The zero-order valence-electron chi connectivity index (χ0n) is 7.95. The lowest BCUT2D eigenvalue weighted by Gasteiger charge is -2.07. The van der Waals surface area contributed by atoms with Gasteiger partial charge in [0.05, 0.1) is 11.6 Å². The van der Waals surface area contributed by atoms with Gasteiger partial charge in [-0.15, -0.1) is 0 Å². The minimum Gasteiger partial charge on any atom is -0.504 e. The number of phenols is 1. The summed E-state index contributed by atoms with van der Waals surface area (Å²) >= 11 is 0. The van der Waals surface area contributed by atoms with Crippen LogP contribution in [0.5, 0.6) is 11.5 Å². The maximum Gasteiger partial charge on any atom is 0.162 e. The molecule has 1 rings (SSSR count). The van der Waals surface area contributed by atoms with Crippen LogP contribution in [0.4, 0.5) is 0 Å². The molecule has 1 aromatic carbocycles. The lowest BCUT2D eigenvalue weighted by Crippen LogP contribution is -1.97. The van der Waals surface area contributed by atoms with Gasteiger partial charge in [0.25, 0.3) is 0 Å². The minimum absolute atomic E-state index is 0.0326. The van der Waals surface area contributed by atoms with Crippen LogP contribution in [0.1, 0.15) is 12.5 Å². The fourth-order valence-electron chi connectivity index (χ4n) is 0.900. The Hall–Kier alpha value is -1.95. The third-order valence-electron chi connectivity index (χ3n) is 1.56. The van der Waals surface area contributed by atoms with E-state index in [-0.39, 0.29) is 5.75 Å². The second kappa shape index (κ2) is 4.33. The molecule has 0 aliphatic rings. The Morgan fingerprint density at radius 1 is 1.64 bits per heavy atom. The van der Waals surface area contributed by atoms with Crippen molar-refractivity contribution in [3.05, 3.63) is 35.9 Å². The molecule has 0 unspecified atom stereocenters. The molecule has 0 fully saturated rings. The van der Waals surface area contributed by atoms with E-state index in [1.54, 1.807) is 0 Å². The zero-order chi connectivity index (χ0) is 10.6. The highest BCUT2D eigenvalue weighted by Crippen LogP contribution is 2.26. The van der Waals surface area contributed by atoms with Crippen LogP contribution in [0, 0.1) is 11.3 Å². The van der Waals surface area contributed by atoms with Gasteiger partial charge in [0.1, 0.15) is 6.61 Å². The maximum atomic E-state index is 9.38. The first-order chi connectivity index (χ1) is 6.63. The summed E-state index contributed by atoms with van der Waals surface area (Å²) in [7, 11) is 0. The molecule has 3 nitrogen and oxygen atoms in total. The molecule has 0 aliphatic carbocycles. The Labute approximate surface area is 82.9 Å². The Morgan fingerprint density at radius 2 is 2.36 bits per heavy atom. The maximum absolute atomic E-state index is 9.38. The molecule has 14 heavy (non-hydrogen) atoms. The largest absolute Gasteiger partial charge is 0.504 e. The number of nitriles is 1. The van der Waals surface area contributed by atoms with Crippen LogP contribution in [0.15, 0.2) is 30.4 Å². The van der Waals surface area contributed by atoms with Crippen LogP contribution in [-0.2, 0) is 0 Å². The minimum atomic E-state index is 0.0326. The van der Waals surface area contributed by atoms with Gasteiger partial charge in [-0.2, -0.15) is 5.26 Å². The van der Waals surface area contributed by atoms with Crippen LogP contribution < -0.4 is 4.74 Å². The second-order valence-electron chi connectivity index (χ2n) is 3.04. The van der Waals surface area contributed by atoms with Crippen molar-refractivity contribution in [2.45, 2.75) is 6.92 Å². The summed E-state index contributed by atoms with van der Waals surface area (Å²) in [6.07, 6.45) is 0. The summed E-state index contributed by atoms with van der Waals surface area (Å²) in [5.74, 6) is 0.345. The van der Waals surface area contributed by atoms with Gasteiger partial charge >= 0.3 is 0 Å². The molecule has 0 bridgehead atoms. The Bertz CT molecular complexity index is 391. The summed E-state index contributed by atoms with van der Waals surface area (Å²) in [4.78, 5) is 0. The molecule has 0 saturated heterocycles. The normalized spacial score (nSPS) is 9.14. The first kappa shape index (κ1) is 10.1. The molecule has 0 spiro atoms. The average Bonchev–Trinajstić information content (AvgIpc) is 2.16. The first-order valence-corrected chi connectivity index (χ1v) is 4.14. The zero-order valence-corrected chi connectivity index (χ0v) is 7.95. The smallest absolute Gasteiger partial charge is 0.162 e. The number of ether oxygens (including phenoxy) is 1. The third-order valence-corrected chi connectivity index (χ3v) is 1.56. The lowest BCUT2D eigenvalue weighted by atomic mass is 10.2. The van der Waals surface area contributed by atoms with Crippen molar-refractivity contribution in [1.82, 2.24) is 0 Å². The van der Waals surface area contributed by atoms with Crippen LogP contribution >= 0.6 is 0 Å². The molecule has 0 heterocycles. The Balaban J connectivity index is 2.85. The molecule has 0 radical (unpaired) electrons. The topological polar surface area (TPSA) is 53.2 Å². The van der Waals surface area contributed by atoms with Gasteiger partial charge in [0.2, 0.25) is 0 Å². The Kier molecular flexibility index (Phi) is 3.14. The summed E-state index contributed by atoms with van der Waals surface area (Å²) < 4.78 is 5.24. The summed E-state index contributed by atoms with van der Waals surface area (Å²) in [5, 5.41) is 18.0. The van der Waals surface area contributed by atoms with Gasteiger partial charge in [-0.1, -0.05) is 6.58 Å². The predicted octanol–water partition coefficient (Wildman–Crippen LogP) is 2.22. The Morgan fingerprint density at radius 3 is 2.93 bits per heavy atom. The van der Waals surface area contributed by atoms with Gasteiger partial charge < -0.3 is 9.84 Å². The van der Waals surface area contributed by atoms with E-state index < -0.39 is 0 Å². The molecule has 1 N–H and O–H groups in total. The summed E-state index contributed by atoms with van der Waals surface area (Å²) in [5.41, 5.74) is 1.31. The molecular weight excluding hydrogens is 178 g/mol. The van der Waals surface area contributed by atoms with E-state index in [9.17, 15) is 5.11 Å². The highest BCUT2D eigenvalue weighted by molar-refractivity contribution is 5.45. The number of phenolic OH excluding ortho intramolecular Hbond substituents is 1. The van der Waals surface area contributed by atoms with E-state index in [1.165, 1.54) is 18.2 Å². The molecule has 72 valence electrons. The van der Waals surface area contributed by atoms with Crippen LogP contribution in [0.3, 0.4) is 0 Å². The van der Waals surface area contributed by atoms with Crippen molar-refractivity contribution in [2.24, 2.45) is 0 Å². The van der Waals surface area contributed by atoms with Crippen molar-refractivity contribution in [3.8, 4) is 17.6 Å². The van der Waals surface area contributed by atoms with Gasteiger partial charge in [-0.05, 0) is 24.6 Å². The third kappa shape index (κ3) is 2.53. The van der Waals surface area contributed by atoms with E-state index in [0.717, 1.165) is 5.57 Å². The molecule has 0 atom stereocenters. The molecule has 0 amide bonds. The van der Waals surface area contributed by atoms with E-state index >= 15 is 0 Å². The van der Waals surface area contributed by atoms with Gasteiger partial charge in [-0.25, -0.2) is 0 Å². The van der Waals surface area contributed by atoms with Crippen LogP contribution in [0.2, 0.25) is 0 Å². The quantitative estimate of drug-likeness (QED) is 0.742. The SMILES string of the molecule is C=C(C)COc1cc(C#N)ccc1O. The second-order valence-corrected chi connectivity index (χ2v) is 3.04. The fourth-order valence-corrected chi connectivity index (χ4v) is 0.900. The molecule has 1 aromatic rings. The number of nitrogens with zero attached hydrogens (tertiary/aromatic N) is 1. The van der Waals surface area contributed by atoms with E-state index in [2.05, 4.69) is 6.58 Å². The standard InChI is InChI=1S/C11H11NO2/c1-8(2)7-14-11-5-9(6-12)3-4-10(11)13/h3-5,13H,1,7H2,2H3. The van der Waals surface area contributed by atoms with E-state index in [0.29, 0.717) is 17.9 Å². The van der Waals surface area contributed by atoms with Gasteiger partial charge in [0.15, 0.2) is 11.5 Å².